The number of phenolic OH excluding ortho intramolecular Hbond substituents is 1. The number of aryl methyl sites for hydroxylation is 1. The van der Waals surface area contributed by atoms with Gasteiger partial charge in [0.2, 0.25) is 0 Å². The van der Waals surface area contributed by atoms with Crippen molar-refractivity contribution in [3.8, 4) is 23.2 Å². The zero-order valence-electron chi connectivity index (χ0n) is 21.3. The summed E-state index contributed by atoms with van der Waals surface area (Å²) >= 11 is 0. The average Bonchev–Trinajstić information content (AvgIpc) is 3.34. The molecule has 0 spiro atoms. The minimum Gasteiger partial charge on any atom is -0.508 e. The van der Waals surface area contributed by atoms with Crippen molar-refractivity contribution in [3.63, 3.8) is 0 Å². The summed E-state index contributed by atoms with van der Waals surface area (Å²) < 4.78 is 1.77. The number of rotatable bonds is 5. The third kappa shape index (κ3) is 4.71. The van der Waals surface area contributed by atoms with Gasteiger partial charge in [-0.25, -0.2) is 9.97 Å². The molecule has 1 amide bonds. The number of carbonyl (C=O) groups is 1. The fourth-order valence-corrected chi connectivity index (χ4v) is 5.11. The summed E-state index contributed by atoms with van der Waals surface area (Å²) in [5, 5.41) is 32.7. The lowest BCUT2D eigenvalue weighted by molar-refractivity contribution is 0.102. The number of para-hydroxylation sites is 1. The van der Waals surface area contributed by atoms with Crippen molar-refractivity contribution in [2.24, 2.45) is 7.05 Å². The van der Waals surface area contributed by atoms with Gasteiger partial charge in [-0.15, -0.1) is 0 Å². The van der Waals surface area contributed by atoms with E-state index < -0.39 is 5.91 Å². The largest absolute Gasteiger partial charge is 0.508 e. The van der Waals surface area contributed by atoms with Crippen molar-refractivity contribution in [2.75, 3.05) is 29.9 Å². The predicted molar refractivity (Wildman–Crippen MR) is 150 cm³/mol. The maximum atomic E-state index is 13.7. The van der Waals surface area contributed by atoms with Gasteiger partial charge in [-0.1, -0.05) is 36.4 Å². The van der Waals surface area contributed by atoms with Crippen LogP contribution in [0.3, 0.4) is 0 Å². The van der Waals surface area contributed by atoms with Crippen molar-refractivity contribution >= 4 is 39.1 Å². The Bertz CT molecular complexity index is 1760. The second-order valence-corrected chi connectivity index (χ2v) is 9.57. The molecule has 10 heteroatoms. The van der Waals surface area contributed by atoms with E-state index in [4.69, 9.17) is 9.97 Å². The number of nitriles is 1. The number of piperazine rings is 1. The second kappa shape index (κ2) is 10.0. The monoisotopic (exact) mass is 518 g/mol. The van der Waals surface area contributed by atoms with E-state index in [1.807, 2.05) is 49.5 Å². The van der Waals surface area contributed by atoms with Crippen molar-refractivity contribution in [1.82, 2.24) is 25.1 Å². The van der Waals surface area contributed by atoms with E-state index in [1.54, 1.807) is 23.0 Å². The number of nitrogens with one attached hydrogen (secondary N) is 2. The van der Waals surface area contributed by atoms with Gasteiger partial charge in [-0.05, 0) is 17.5 Å². The third-order valence-corrected chi connectivity index (χ3v) is 6.96. The highest BCUT2D eigenvalue weighted by atomic mass is 16.3. The molecule has 3 heterocycles. The van der Waals surface area contributed by atoms with Gasteiger partial charge in [0, 0.05) is 61.2 Å². The van der Waals surface area contributed by atoms with Crippen LogP contribution < -0.4 is 15.5 Å². The molecule has 3 N–H and O–H groups in total. The Morgan fingerprint density at radius 3 is 2.87 bits per heavy atom. The smallest absolute Gasteiger partial charge is 0.274 e. The van der Waals surface area contributed by atoms with E-state index in [0.29, 0.717) is 43.4 Å². The molecule has 0 unspecified atom stereocenters. The maximum Gasteiger partial charge on any atom is 0.274 e. The molecule has 0 saturated carbocycles. The molecule has 1 atom stereocenters. The van der Waals surface area contributed by atoms with Crippen molar-refractivity contribution in [2.45, 2.75) is 12.5 Å². The standard InChI is InChI=1S/C29H26N8O2/c1-36-27-19(16-32-36)6-4-8-23(27)28-33-25(15-26(35-28)37-12-11-31-20(17-37)9-10-30)29(39)34-24-14-21(38)13-18-5-2-3-7-22(18)24/h2-8,13-16,20,31,38H,9,11-12,17H2,1H3,(H,34,39)/t20-/m0/s1. The Balaban J connectivity index is 1.45. The van der Waals surface area contributed by atoms with Gasteiger partial charge in [-0.3, -0.25) is 9.48 Å². The van der Waals surface area contributed by atoms with Crippen LogP contribution in [0, 0.1) is 11.3 Å². The predicted octanol–water partition coefficient (Wildman–Crippen LogP) is 3.83. The van der Waals surface area contributed by atoms with Crippen LogP contribution in [0.1, 0.15) is 16.9 Å². The summed E-state index contributed by atoms with van der Waals surface area (Å²) in [5.41, 5.74) is 2.30. The van der Waals surface area contributed by atoms with E-state index in [1.165, 1.54) is 6.07 Å². The quantitative estimate of drug-likeness (QED) is 0.320. The number of nitrogens with zero attached hydrogens (tertiary/aromatic N) is 6. The number of fused-ring (bicyclic) bond motifs is 2. The molecule has 5 aromatic rings. The van der Waals surface area contributed by atoms with Crippen molar-refractivity contribution < 1.29 is 9.90 Å². The summed E-state index contributed by atoms with van der Waals surface area (Å²) in [4.78, 5) is 25.3. The molecule has 6 rings (SSSR count). The maximum absolute atomic E-state index is 13.7. The number of hydrogen-bond donors (Lipinski definition) is 3. The fraction of sp³-hybridized carbons (Fsp3) is 0.207. The molecule has 194 valence electrons. The first-order valence-corrected chi connectivity index (χ1v) is 12.7. The lowest BCUT2D eigenvalue weighted by Gasteiger charge is -2.33. The number of amides is 1. The van der Waals surface area contributed by atoms with E-state index >= 15 is 0 Å². The van der Waals surface area contributed by atoms with Gasteiger partial charge < -0.3 is 20.6 Å². The number of hydrogen-bond acceptors (Lipinski definition) is 8. The summed E-state index contributed by atoms with van der Waals surface area (Å²) in [6, 6.07) is 20.4. The summed E-state index contributed by atoms with van der Waals surface area (Å²) in [6.07, 6.45) is 2.16. The highest BCUT2D eigenvalue weighted by Gasteiger charge is 2.24. The molecule has 1 fully saturated rings. The van der Waals surface area contributed by atoms with E-state index in [2.05, 4.69) is 26.7 Å². The zero-order valence-corrected chi connectivity index (χ0v) is 21.3. The molecule has 0 bridgehead atoms. The van der Waals surface area contributed by atoms with Gasteiger partial charge in [0.15, 0.2) is 5.82 Å². The Labute approximate surface area is 224 Å². The number of aromatic nitrogens is 4. The van der Waals surface area contributed by atoms with Gasteiger partial charge in [0.05, 0.1) is 29.9 Å². The fourth-order valence-electron chi connectivity index (χ4n) is 5.11. The summed E-state index contributed by atoms with van der Waals surface area (Å²) in [6.45, 7) is 1.95. The van der Waals surface area contributed by atoms with E-state index in [0.717, 1.165) is 27.2 Å². The highest BCUT2D eigenvalue weighted by molar-refractivity contribution is 6.09. The summed E-state index contributed by atoms with van der Waals surface area (Å²) in [7, 11) is 1.86. The Kier molecular flexibility index (Phi) is 6.26. The molecule has 1 aliphatic rings. The topological polar surface area (TPSA) is 132 Å². The number of aromatic hydroxyl groups is 1. The normalized spacial score (nSPS) is 15.4. The molecular weight excluding hydrogens is 492 g/mol. The second-order valence-electron chi connectivity index (χ2n) is 9.57. The summed E-state index contributed by atoms with van der Waals surface area (Å²) in [5.74, 6) is 0.648. The van der Waals surface area contributed by atoms with Crippen LogP contribution in [0.2, 0.25) is 0 Å². The van der Waals surface area contributed by atoms with Crippen LogP contribution in [0.4, 0.5) is 11.5 Å². The molecule has 1 saturated heterocycles. The number of carbonyl (C=O) groups excluding carboxylic acids is 1. The van der Waals surface area contributed by atoms with Crippen molar-refractivity contribution in [1.29, 1.82) is 5.26 Å². The minimum atomic E-state index is -0.420. The minimum absolute atomic E-state index is 0.00129. The number of benzene rings is 3. The Hall–Kier alpha value is -5.01. The first kappa shape index (κ1) is 24.3. The van der Waals surface area contributed by atoms with Crippen molar-refractivity contribution in [3.05, 3.63) is 72.6 Å². The third-order valence-electron chi connectivity index (χ3n) is 6.96. The first-order chi connectivity index (χ1) is 19.0. The Morgan fingerprint density at radius 1 is 1.15 bits per heavy atom. The van der Waals surface area contributed by atoms with Gasteiger partial charge in [0.25, 0.3) is 5.91 Å². The number of anilines is 2. The van der Waals surface area contributed by atoms with E-state index in [9.17, 15) is 15.2 Å². The highest BCUT2D eigenvalue weighted by Crippen LogP contribution is 2.31. The Morgan fingerprint density at radius 2 is 2.00 bits per heavy atom. The average molecular weight is 519 g/mol. The van der Waals surface area contributed by atoms with Gasteiger partial charge in [0.1, 0.15) is 17.3 Å². The zero-order chi connectivity index (χ0) is 26.9. The lowest BCUT2D eigenvalue weighted by Crippen LogP contribution is -2.51. The molecule has 0 radical (unpaired) electrons. The number of phenols is 1. The molecule has 3 aromatic carbocycles. The van der Waals surface area contributed by atoms with Gasteiger partial charge >= 0.3 is 0 Å². The SMILES string of the molecule is Cn1ncc2cccc(-c3nc(C(=O)Nc4cc(O)cc5ccccc45)cc(N4CCN[C@@H](CC#N)C4)n3)c21. The molecule has 0 aliphatic carbocycles. The lowest BCUT2D eigenvalue weighted by atomic mass is 10.1. The van der Waals surface area contributed by atoms with Crippen LogP contribution in [0.5, 0.6) is 5.75 Å². The first-order valence-electron chi connectivity index (χ1n) is 12.7. The van der Waals surface area contributed by atoms with Crippen LogP contribution in [0.25, 0.3) is 33.1 Å². The molecule has 2 aromatic heterocycles. The van der Waals surface area contributed by atoms with Crippen LogP contribution in [-0.2, 0) is 7.05 Å². The molecule has 39 heavy (non-hydrogen) atoms. The van der Waals surface area contributed by atoms with Crippen LogP contribution in [-0.4, -0.2) is 56.4 Å². The van der Waals surface area contributed by atoms with Crippen LogP contribution >= 0.6 is 0 Å². The van der Waals surface area contributed by atoms with Crippen LogP contribution in [0.15, 0.2) is 66.9 Å². The molecule has 1 aliphatic heterocycles. The van der Waals surface area contributed by atoms with Gasteiger partial charge in [-0.2, -0.15) is 10.4 Å². The van der Waals surface area contributed by atoms with E-state index in [-0.39, 0.29) is 17.5 Å². The molecule has 10 nitrogen and oxygen atoms in total. The molecular formula is C29H26N8O2.